The monoisotopic (exact) mass is 610 g/mol. The van der Waals surface area contributed by atoms with E-state index in [1.807, 2.05) is 53.8 Å². The van der Waals surface area contributed by atoms with Crippen LogP contribution in [-0.2, 0) is 17.8 Å². The standard InChI is InChI=1S/C36H42N4OS2/c1-5-21-39(3)23-20-37-25-33(42-4)31-16-12-29(13-17-31)30-14-18-32(19-15-30)34-26-38-35(43-34)27-40(22-6-2)36(41)24-28-10-8-7-9-11-28/h7-20,25-26H,5-6,21-24,27H2,1-4H3/b33-25-,37-20?. The van der Waals surface area contributed by atoms with Crippen LogP contribution in [0.4, 0.5) is 0 Å². The number of nitrogens with zero attached hydrogens (tertiary/aromatic N) is 4. The van der Waals surface area contributed by atoms with Gasteiger partial charge in [-0.2, -0.15) is 0 Å². The second-order valence-corrected chi connectivity index (χ2v) is 12.5. The molecular formula is C36H42N4OS2. The van der Waals surface area contributed by atoms with E-state index in [0.29, 0.717) is 13.0 Å². The quantitative estimate of drug-likeness (QED) is 0.127. The van der Waals surface area contributed by atoms with E-state index in [4.69, 9.17) is 0 Å². The van der Waals surface area contributed by atoms with Gasteiger partial charge in [0.05, 0.1) is 17.8 Å². The Morgan fingerprint density at radius 1 is 0.907 bits per heavy atom. The zero-order chi connectivity index (χ0) is 30.4. The zero-order valence-corrected chi connectivity index (χ0v) is 27.3. The van der Waals surface area contributed by atoms with Crippen molar-refractivity contribution in [1.29, 1.82) is 0 Å². The van der Waals surface area contributed by atoms with E-state index >= 15 is 0 Å². The maximum Gasteiger partial charge on any atom is 0.227 e. The molecular weight excluding hydrogens is 569 g/mol. The molecule has 1 amide bonds. The van der Waals surface area contributed by atoms with E-state index in [9.17, 15) is 4.79 Å². The average molecular weight is 611 g/mol. The van der Waals surface area contributed by atoms with Gasteiger partial charge in [-0.05, 0) is 60.5 Å². The second-order valence-electron chi connectivity index (χ2n) is 10.5. The highest BCUT2D eigenvalue weighted by molar-refractivity contribution is 8.07. The van der Waals surface area contributed by atoms with Crippen molar-refractivity contribution in [3.8, 4) is 21.6 Å². The van der Waals surface area contributed by atoms with Crippen molar-refractivity contribution in [2.45, 2.75) is 39.7 Å². The van der Waals surface area contributed by atoms with Gasteiger partial charge in [0.2, 0.25) is 5.91 Å². The minimum Gasteiger partial charge on any atom is -0.336 e. The second kappa shape index (κ2) is 16.9. The van der Waals surface area contributed by atoms with Crippen LogP contribution in [0.25, 0.3) is 26.5 Å². The summed E-state index contributed by atoms with van der Waals surface area (Å²) in [6.07, 6.45) is 10.4. The molecule has 4 rings (SSSR count). The first-order chi connectivity index (χ1) is 21.0. The lowest BCUT2D eigenvalue weighted by molar-refractivity contribution is -0.131. The number of hydrogen-bond donors (Lipinski definition) is 0. The Morgan fingerprint density at radius 3 is 2.21 bits per heavy atom. The molecule has 3 aromatic carbocycles. The fourth-order valence-corrected chi connectivity index (χ4v) is 6.28. The summed E-state index contributed by atoms with van der Waals surface area (Å²) in [6.45, 7) is 7.50. The number of carbonyl (C=O) groups is 1. The van der Waals surface area contributed by atoms with Crippen molar-refractivity contribution in [2.75, 3.05) is 32.9 Å². The first-order valence-electron chi connectivity index (χ1n) is 14.9. The average Bonchev–Trinajstić information content (AvgIpc) is 3.50. The molecule has 0 fully saturated rings. The molecule has 4 aromatic rings. The Morgan fingerprint density at radius 2 is 1.56 bits per heavy atom. The van der Waals surface area contributed by atoms with E-state index in [2.05, 4.69) is 90.6 Å². The van der Waals surface area contributed by atoms with Crippen molar-refractivity contribution >= 4 is 40.1 Å². The molecule has 224 valence electrons. The summed E-state index contributed by atoms with van der Waals surface area (Å²) in [5.41, 5.74) is 5.70. The predicted molar refractivity (Wildman–Crippen MR) is 187 cm³/mol. The molecule has 1 aromatic heterocycles. The van der Waals surface area contributed by atoms with Crippen LogP contribution in [0.2, 0.25) is 0 Å². The Balaban J connectivity index is 1.38. The number of thioether (sulfide) groups is 1. The maximum absolute atomic E-state index is 13.0. The van der Waals surface area contributed by atoms with Crippen molar-refractivity contribution < 1.29 is 4.79 Å². The topological polar surface area (TPSA) is 48.8 Å². The Kier molecular flexibility index (Phi) is 12.8. The lowest BCUT2D eigenvalue weighted by Gasteiger charge is -2.21. The van der Waals surface area contributed by atoms with Crippen molar-refractivity contribution in [1.82, 2.24) is 14.8 Å². The minimum atomic E-state index is 0.142. The van der Waals surface area contributed by atoms with Gasteiger partial charge in [-0.3, -0.25) is 9.79 Å². The van der Waals surface area contributed by atoms with Gasteiger partial charge in [0.25, 0.3) is 0 Å². The number of rotatable bonds is 15. The number of aromatic nitrogens is 1. The van der Waals surface area contributed by atoms with Gasteiger partial charge in [-0.25, -0.2) is 4.98 Å². The predicted octanol–water partition coefficient (Wildman–Crippen LogP) is 8.53. The zero-order valence-electron chi connectivity index (χ0n) is 25.7. The molecule has 0 radical (unpaired) electrons. The summed E-state index contributed by atoms with van der Waals surface area (Å²) in [6, 6.07) is 27.3. The molecule has 7 heteroatoms. The highest BCUT2D eigenvalue weighted by Crippen LogP contribution is 2.31. The number of benzene rings is 3. The van der Waals surface area contributed by atoms with Crippen LogP contribution in [-0.4, -0.2) is 59.8 Å². The SMILES string of the molecule is CCCN(C)CC=N/C=C(\SC)c1ccc(-c2ccc(-c3cnc(CN(CCC)C(=O)Cc4ccccc4)s3)cc2)cc1. The van der Waals surface area contributed by atoms with Crippen molar-refractivity contribution in [2.24, 2.45) is 4.99 Å². The molecule has 0 spiro atoms. The Labute approximate surface area is 265 Å². The third kappa shape index (κ3) is 9.75. The van der Waals surface area contributed by atoms with Crippen LogP contribution in [0.3, 0.4) is 0 Å². The smallest absolute Gasteiger partial charge is 0.227 e. The Hall–Kier alpha value is -3.52. The minimum absolute atomic E-state index is 0.142. The summed E-state index contributed by atoms with van der Waals surface area (Å²) < 4.78 is 0. The van der Waals surface area contributed by atoms with Gasteiger partial charge in [-0.15, -0.1) is 23.1 Å². The summed E-state index contributed by atoms with van der Waals surface area (Å²) in [4.78, 5) is 28.7. The molecule has 0 aliphatic rings. The van der Waals surface area contributed by atoms with E-state index in [1.54, 1.807) is 23.1 Å². The third-order valence-corrected chi connectivity index (χ3v) is 8.92. The molecule has 0 saturated carbocycles. The fourth-order valence-electron chi connectivity index (χ4n) is 4.80. The number of carbonyl (C=O) groups excluding carboxylic acids is 1. The van der Waals surface area contributed by atoms with Gasteiger partial charge in [0.15, 0.2) is 0 Å². The normalized spacial score (nSPS) is 11.9. The molecule has 43 heavy (non-hydrogen) atoms. The van der Waals surface area contributed by atoms with Crippen molar-refractivity contribution in [3.63, 3.8) is 0 Å². The first kappa shape index (κ1) is 32.4. The summed E-state index contributed by atoms with van der Waals surface area (Å²) in [5, 5.41) is 0.958. The van der Waals surface area contributed by atoms with Crippen LogP contribution in [0, 0.1) is 0 Å². The van der Waals surface area contributed by atoms with Gasteiger partial charge >= 0.3 is 0 Å². The largest absolute Gasteiger partial charge is 0.336 e. The molecule has 0 bridgehead atoms. The van der Waals surface area contributed by atoms with Crippen LogP contribution < -0.4 is 0 Å². The van der Waals surface area contributed by atoms with Crippen LogP contribution >= 0.6 is 23.1 Å². The summed E-state index contributed by atoms with van der Waals surface area (Å²) in [5.74, 6) is 0.142. The van der Waals surface area contributed by atoms with Gasteiger partial charge in [0, 0.05) is 36.6 Å². The number of aliphatic imine (C=N–C) groups is 1. The van der Waals surface area contributed by atoms with Crippen molar-refractivity contribution in [3.05, 3.63) is 107 Å². The van der Waals surface area contributed by atoms with Gasteiger partial charge < -0.3 is 9.80 Å². The molecule has 0 saturated heterocycles. The summed E-state index contributed by atoms with van der Waals surface area (Å²) >= 11 is 3.37. The molecule has 0 N–H and O–H groups in total. The number of hydrogen-bond acceptors (Lipinski definition) is 6. The third-order valence-electron chi connectivity index (χ3n) is 7.11. The number of amides is 1. The molecule has 0 atom stereocenters. The lowest BCUT2D eigenvalue weighted by atomic mass is 10.0. The van der Waals surface area contributed by atoms with Gasteiger partial charge in [0.1, 0.15) is 5.01 Å². The van der Waals surface area contributed by atoms with E-state index < -0.39 is 0 Å². The molecule has 0 unspecified atom stereocenters. The maximum atomic E-state index is 13.0. The van der Waals surface area contributed by atoms with Crippen LogP contribution in [0.15, 0.2) is 96.3 Å². The van der Waals surface area contributed by atoms with E-state index in [-0.39, 0.29) is 5.91 Å². The fraction of sp³-hybridized carbons (Fsp3) is 0.306. The molecule has 0 aliphatic heterocycles. The van der Waals surface area contributed by atoms with E-state index in [0.717, 1.165) is 58.4 Å². The molecule has 0 aliphatic carbocycles. The van der Waals surface area contributed by atoms with Crippen LogP contribution in [0.1, 0.15) is 42.8 Å². The summed E-state index contributed by atoms with van der Waals surface area (Å²) in [7, 11) is 2.12. The molecule has 5 nitrogen and oxygen atoms in total. The highest BCUT2D eigenvalue weighted by Gasteiger charge is 2.16. The number of thiazole rings is 1. The highest BCUT2D eigenvalue weighted by atomic mass is 32.2. The van der Waals surface area contributed by atoms with E-state index in [1.165, 1.54) is 16.7 Å². The Bertz CT molecular complexity index is 1480. The van der Waals surface area contributed by atoms with Crippen LogP contribution in [0.5, 0.6) is 0 Å². The van der Waals surface area contributed by atoms with Gasteiger partial charge in [-0.1, -0.05) is 92.7 Å². The first-order valence-corrected chi connectivity index (χ1v) is 17.0. The molecule has 1 heterocycles. The lowest BCUT2D eigenvalue weighted by Crippen LogP contribution is -2.32.